The molecule has 1 atom stereocenters. The van der Waals surface area contributed by atoms with E-state index >= 15 is 0 Å². The summed E-state index contributed by atoms with van der Waals surface area (Å²) in [5, 5.41) is 11.8. The number of rotatable bonds is 5. The zero-order valence-corrected chi connectivity index (χ0v) is 11.3. The van der Waals surface area contributed by atoms with Gasteiger partial charge in [-0.25, -0.2) is 4.79 Å². The molecule has 1 aliphatic heterocycles. The fraction of sp³-hybridized carbons (Fsp3) is 0.846. The molecular formula is C13H22N2O4. The Morgan fingerprint density at radius 3 is 2.47 bits per heavy atom. The van der Waals surface area contributed by atoms with Crippen molar-refractivity contribution >= 4 is 12.0 Å². The summed E-state index contributed by atoms with van der Waals surface area (Å²) < 4.78 is 5.28. The Hall–Kier alpha value is -1.30. The minimum absolute atomic E-state index is 0.0119. The van der Waals surface area contributed by atoms with E-state index in [1.807, 2.05) is 0 Å². The van der Waals surface area contributed by atoms with Crippen molar-refractivity contribution in [2.75, 3.05) is 20.3 Å². The SMILES string of the molecule is CN(C(=O)NC(CC(=O)O)C1CC1)C1CCOCC1. The van der Waals surface area contributed by atoms with Gasteiger partial charge in [-0.1, -0.05) is 0 Å². The Morgan fingerprint density at radius 1 is 1.32 bits per heavy atom. The first-order valence-corrected chi connectivity index (χ1v) is 6.91. The molecule has 2 rings (SSSR count). The summed E-state index contributed by atoms with van der Waals surface area (Å²) in [5.74, 6) is -0.519. The van der Waals surface area contributed by atoms with Crippen LogP contribution in [-0.4, -0.2) is 54.4 Å². The average Bonchev–Trinajstić information content (AvgIpc) is 3.21. The molecule has 6 heteroatoms. The lowest BCUT2D eigenvalue weighted by Gasteiger charge is -2.32. The maximum Gasteiger partial charge on any atom is 0.317 e. The van der Waals surface area contributed by atoms with Gasteiger partial charge in [-0.3, -0.25) is 4.79 Å². The van der Waals surface area contributed by atoms with E-state index in [4.69, 9.17) is 9.84 Å². The number of carboxylic acid groups (broad SMARTS) is 1. The smallest absolute Gasteiger partial charge is 0.317 e. The van der Waals surface area contributed by atoms with Gasteiger partial charge in [0.25, 0.3) is 0 Å². The van der Waals surface area contributed by atoms with Gasteiger partial charge >= 0.3 is 12.0 Å². The molecule has 6 nitrogen and oxygen atoms in total. The van der Waals surface area contributed by atoms with Crippen LogP contribution in [0, 0.1) is 5.92 Å². The molecule has 1 saturated heterocycles. The zero-order valence-electron chi connectivity index (χ0n) is 11.3. The lowest BCUT2D eigenvalue weighted by atomic mass is 10.1. The third kappa shape index (κ3) is 4.09. The summed E-state index contributed by atoms with van der Waals surface area (Å²) in [6.45, 7) is 1.37. The highest BCUT2D eigenvalue weighted by molar-refractivity contribution is 5.76. The maximum absolute atomic E-state index is 12.1. The summed E-state index contributed by atoms with van der Waals surface area (Å²) in [5.41, 5.74) is 0. The Balaban J connectivity index is 1.85. The zero-order chi connectivity index (χ0) is 13.8. The van der Waals surface area contributed by atoms with Gasteiger partial charge in [-0.15, -0.1) is 0 Å². The normalized spacial score (nSPS) is 21.7. The monoisotopic (exact) mass is 270 g/mol. The molecule has 2 N–H and O–H groups in total. The van der Waals surface area contributed by atoms with Crippen molar-refractivity contribution in [2.45, 2.75) is 44.2 Å². The topological polar surface area (TPSA) is 78.9 Å². The number of carbonyl (C=O) groups is 2. The van der Waals surface area contributed by atoms with Gasteiger partial charge in [0.1, 0.15) is 0 Å². The van der Waals surface area contributed by atoms with Gasteiger partial charge in [0, 0.05) is 32.3 Å². The van der Waals surface area contributed by atoms with Crippen molar-refractivity contribution in [3.8, 4) is 0 Å². The first kappa shape index (κ1) is 14.1. The van der Waals surface area contributed by atoms with Crippen LogP contribution in [0.1, 0.15) is 32.1 Å². The first-order chi connectivity index (χ1) is 9.08. The predicted molar refractivity (Wildman–Crippen MR) is 68.9 cm³/mol. The van der Waals surface area contributed by atoms with Crippen LogP contribution in [0.5, 0.6) is 0 Å². The second-order valence-corrected chi connectivity index (χ2v) is 5.45. The molecule has 0 bridgehead atoms. The van der Waals surface area contributed by atoms with E-state index in [0.29, 0.717) is 19.1 Å². The van der Waals surface area contributed by atoms with Crippen molar-refractivity contribution in [1.29, 1.82) is 0 Å². The van der Waals surface area contributed by atoms with Crippen molar-refractivity contribution in [1.82, 2.24) is 10.2 Å². The van der Waals surface area contributed by atoms with Gasteiger partial charge < -0.3 is 20.1 Å². The average molecular weight is 270 g/mol. The Labute approximate surface area is 113 Å². The molecule has 0 radical (unpaired) electrons. The number of carbonyl (C=O) groups excluding carboxylic acids is 1. The third-order valence-corrected chi connectivity index (χ3v) is 3.95. The van der Waals surface area contributed by atoms with E-state index in [0.717, 1.165) is 25.7 Å². The van der Waals surface area contributed by atoms with E-state index in [9.17, 15) is 9.59 Å². The van der Waals surface area contributed by atoms with Crippen molar-refractivity contribution in [2.24, 2.45) is 5.92 Å². The molecule has 0 aromatic heterocycles. The number of urea groups is 1. The van der Waals surface area contributed by atoms with Crippen LogP contribution in [0.15, 0.2) is 0 Å². The largest absolute Gasteiger partial charge is 0.481 e. The molecule has 1 heterocycles. The predicted octanol–water partition coefficient (Wildman–Crippen LogP) is 1.06. The number of ether oxygens (including phenoxy) is 1. The quantitative estimate of drug-likeness (QED) is 0.783. The number of carboxylic acids is 1. The van der Waals surface area contributed by atoms with Crippen LogP contribution < -0.4 is 5.32 Å². The molecule has 1 saturated carbocycles. The van der Waals surface area contributed by atoms with Gasteiger partial charge in [-0.05, 0) is 31.6 Å². The lowest BCUT2D eigenvalue weighted by Crippen LogP contribution is -2.49. The summed E-state index contributed by atoms with van der Waals surface area (Å²) in [7, 11) is 1.77. The standard InChI is InChI=1S/C13H22N2O4/c1-15(10-4-6-19-7-5-10)13(18)14-11(8-12(16)17)9-2-3-9/h9-11H,2-8H2,1H3,(H,14,18)(H,16,17). The van der Waals surface area contributed by atoms with Gasteiger partial charge in [0.15, 0.2) is 0 Å². The number of nitrogens with zero attached hydrogens (tertiary/aromatic N) is 1. The Kier molecular flexibility index (Phi) is 4.63. The molecular weight excluding hydrogens is 248 g/mol. The van der Waals surface area contributed by atoms with Crippen molar-refractivity contribution in [3.05, 3.63) is 0 Å². The molecule has 0 aromatic carbocycles. The highest BCUT2D eigenvalue weighted by Gasteiger charge is 2.35. The molecule has 0 spiro atoms. The van der Waals surface area contributed by atoms with E-state index in [-0.39, 0.29) is 24.5 Å². The fourth-order valence-corrected chi connectivity index (χ4v) is 2.52. The summed E-state index contributed by atoms with van der Waals surface area (Å²) in [6.07, 6.45) is 3.73. The number of aliphatic carboxylic acids is 1. The minimum atomic E-state index is -0.856. The summed E-state index contributed by atoms with van der Waals surface area (Å²) >= 11 is 0. The third-order valence-electron chi connectivity index (χ3n) is 3.95. The van der Waals surface area contributed by atoms with Crippen LogP contribution >= 0.6 is 0 Å². The van der Waals surface area contributed by atoms with Crippen molar-refractivity contribution < 1.29 is 19.4 Å². The van der Waals surface area contributed by atoms with Gasteiger partial charge in [-0.2, -0.15) is 0 Å². The van der Waals surface area contributed by atoms with E-state index in [2.05, 4.69) is 5.32 Å². The first-order valence-electron chi connectivity index (χ1n) is 6.91. The van der Waals surface area contributed by atoms with E-state index < -0.39 is 5.97 Å². The number of hydrogen-bond donors (Lipinski definition) is 2. The molecule has 19 heavy (non-hydrogen) atoms. The summed E-state index contributed by atoms with van der Waals surface area (Å²) in [4.78, 5) is 24.7. The summed E-state index contributed by atoms with van der Waals surface area (Å²) in [6, 6.07) is -0.198. The minimum Gasteiger partial charge on any atom is -0.481 e. The maximum atomic E-state index is 12.1. The highest BCUT2D eigenvalue weighted by atomic mass is 16.5. The Bertz CT molecular complexity index is 338. The number of nitrogens with one attached hydrogen (secondary N) is 1. The molecule has 2 aliphatic rings. The molecule has 2 amide bonds. The molecule has 0 aromatic rings. The van der Waals surface area contributed by atoms with Crippen LogP contribution in [-0.2, 0) is 9.53 Å². The second-order valence-electron chi connectivity index (χ2n) is 5.45. The molecule has 1 aliphatic carbocycles. The van der Waals surface area contributed by atoms with E-state index in [1.54, 1.807) is 11.9 Å². The van der Waals surface area contributed by atoms with Crippen LogP contribution in [0.3, 0.4) is 0 Å². The lowest BCUT2D eigenvalue weighted by molar-refractivity contribution is -0.137. The number of amides is 2. The number of hydrogen-bond acceptors (Lipinski definition) is 3. The Morgan fingerprint density at radius 2 is 1.95 bits per heavy atom. The van der Waals surface area contributed by atoms with Crippen LogP contribution in [0.2, 0.25) is 0 Å². The molecule has 1 unspecified atom stereocenters. The van der Waals surface area contributed by atoms with Gasteiger partial charge in [0.2, 0.25) is 0 Å². The molecule has 108 valence electrons. The highest BCUT2D eigenvalue weighted by Crippen LogP contribution is 2.34. The van der Waals surface area contributed by atoms with E-state index in [1.165, 1.54) is 0 Å². The van der Waals surface area contributed by atoms with Crippen molar-refractivity contribution in [3.63, 3.8) is 0 Å². The second kappa shape index (κ2) is 6.23. The molecule has 2 fully saturated rings. The fourth-order valence-electron chi connectivity index (χ4n) is 2.52. The van der Waals surface area contributed by atoms with Gasteiger partial charge in [0.05, 0.1) is 6.42 Å². The van der Waals surface area contributed by atoms with Crippen LogP contribution in [0.4, 0.5) is 4.79 Å². The van der Waals surface area contributed by atoms with Crippen LogP contribution in [0.25, 0.3) is 0 Å².